The highest BCUT2D eigenvalue weighted by atomic mass is 79.9. The lowest BCUT2D eigenvalue weighted by Gasteiger charge is -2.18. The molecule has 2 aromatic heterocycles. The van der Waals surface area contributed by atoms with Crippen LogP contribution in [0.2, 0.25) is 0 Å². The standard InChI is InChI=1S/C18H16BrF3N4O/c1-9(11-5-4-6-12(7-11)18(20,21)22)23-15-13-8-14(19)17(27)26(3)16(13)25-10(2)24-15/h4-9H,1-3H3,(H,23,24,25)/t9-/m1/s1. The first-order valence-electron chi connectivity index (χ1n) is 8.05. The van der Waals surface area contributed by atoms with Crippen molar-refractivity contribution in [2.24, 2.45) is 7.05 Å². The number of pyridine rings is 1. The maximum absolute atomic E-state index is 13.0. The molecule has 0 fully saturated rings. The van der Waals surface area contributed by atoms with Gasteiger partial charge in [0, 0.05) is 13.1 Å². The maximum atomic E-state index is 13.0. The summed E-state index contributed by atoms with van der Waals surface area (Å²) in [6.07, 6.45) is -4.41. The van der Waals surface area contributed by atoms with E-state index in [0.717, 1.165) is 12.1 Å². The zero-order chi connectivity index (χ0) is 19.9. The zero-order valence-corrected chi connectivity index (χ0v) is 16.3. The van der Waals surface area contributed by atoms with Crippen LogP contribution in [0, 0.1) is 6.92 Å². The number of rotatable bonds is 3. The number of nitrogens with one attached hydrogen (secondary N) is 1. The molecular weight excluding hydrogens is 425 g/mol. The van der Waals surface area contributed by atoms with Crippen LogP contribution in [0.4, 0.5) is 19.0 Å². The molecule has 2 heterocycles. The minimum Gasteiger partial charge on any atom is -0.363 e. The molecule has 3 rings (SSSR count). The Kier molecular flexibility index (Phi) is 4.98. The van der Waals surface area contributed by atoms with Crippen LogP contribution >= 0.6 is 15.9 Å². The Hall–Kier alpha value is -2.42. The largest absolute Gasteiger partial charge is 0.416 e. The van der Waals surface area contributed by atoms with Gasteiger partial charge in [-0.15, -0.1) is 0 Å². The van der Waals surface area contributed by atoms with Gasteiger partial charge in [-0.05, 0) is 53.5 Å². The van der Waals surface area contributed by atoms with Gasteiger partial charge >= 0.3 is 6.18 Å². The van der Waals surface area contributed by atoms with E-state index >= 15 is 0 Å². The summed E-state index contributed by atoms with van der Waals surface area (Å²) in [5, 5.41) is 3.73. The van der Waals surface area contributed by atoms with Gasteiger partial charge in [0.15, 0.2) is 0 Å². The summed E-state index contributed by atoms with van der Waals surface area (Å²) in [4.78, 5) is 20.8. The van der Waals surface area contributed by atoms with Crippen molar-refractivity contribution in [3.05, 3.63) is 62.1 Å². The fraction of sp³-hybridized carbons (Fsp3) is 0.278. The van der Waals surface area contributed by atoms with Crippen LogP contribution in [0.5, 0.6) is 0 Å². The Morgan fingerprint density at radius 1 is 1.22 bits per heavy atom. The van der Waals surface area contributed by atoms with E-state index in [1.807, 2.05) is 0 Å². The van der Waals surface area contributed by atoms with Gasteiger partial charge in [0.1, 0.15) is 17.3 Å². The fourth-order valence-corrected chi connectivity index (χ4v) is 3.28. The Morgan fingerprint density at radius 2 is 1.93 bits per heavy atom. The Bertz CT molecular complexity index is 1080. The lowest BCUT2D eigenvalue weighted by atomic mass is 10.0. The molecule has 0 radical (unpaired) electrons. The predicted octanol–water partition coefficient (Wildman–Crippen LogP) is 4.59. The summed E-state index contributed by atoms with van der Waals surface area (Å²) in [5.41, 5.74) is -0.0347. The molecule has 1 N–H and O–H groups in total. The number of hydrogen-bond donors (Lipinski definition) is 1. The summed E-state index contributed by atoms with van der Waals surface area (Å²) in [7, 11) is 1.60. The summed E-state index contributed by atoms with van der Waals surface area (Å²) < 4.78 is 40.6. The predicted molar refractivity (Wildman–Crippen MR) is 101 cm³/mol. The normalized spacial score (nSPS) is 13.0. The first-order chi connectivity index (χ1) is 12.6. The Labute approximate surface area is 161 Å². The van der Waals surface area contributed by atoms with Crippen LogP contribution in [0.1, 0.15) is 29.9 Å². The first-order valence-corrected chi connectivity index (χ1v) is 8.85. The van der Waals surface area contributed by atoms with E-state index in [1.54, 1.807) is 33.0 Å². The molecule has 1 aromatic carbocycles. The minimum absolute atomic E-state index is 0.238. The lowest BCUT2D eigenvalue weighted by Crippen LogP contribution is -2.20. The van der Waals surface area contributed by atoms with Crippen molar-refractivity contribution >= 4 is 32.8 Å². The highest BCUT2D eigenvalue weighted by Crippen LogP contribution is 2.32. The maximum Gasteiger partial charge on any atom is 0.416 e. The number of fused-ring (bicyclic) bond motifs is 1. The number of halogens is 4. The molecule has 0 aliphatic rings. The summed E-state index contributed by atoms with van der Waals surface area (Å²) >= 11 is 3.22. The molecule has 9 heteroatoms. The van der Waals surface area contributed by atoms with E-state index in [-0.39, 0.29) is 5.56 Å². The molecule has 0 saturated carbocycles. The van der Waals surface area contributed by atoms with E-state index in [2.05, 4.69) is 31.2 Å². The highest BCUT2D eigenvalue weighted by molar-refractivity contribution is 9.10. The summed E-state index contributed by atoms with van der Waals surface area (Å²) in [5.74, 6) is 0.886. The Balaban J connectivity index is 2.05. The van der Waals surface area contributed by atoms with E-state index in [9.17, 15) is 18.0 Å². The van der Waals surface area contributed by atoms with Crippen molar-refractivity contribution in [3.8, 4) is 0 Å². The molecule has 3 aromatic rings. The van der Waals surface area contributed by atoms with Gasteiger partial charge in [-0.3, -0.25) is 9.36 Å². The number of anilines is 1. The van der Waals surface area contributed by atoms with Crippen molar-refractivity contribution in [2.45, 2.75) is 26.1 Å². The average Bonchev–Trinajstić information content (AvgIpc) is 2.60. The molecule has 5 nitrogen and oxygen atoms in total. The third-order valence-corrected chi connectivity index (χ3v) is 4.77. The molecule has 0 spiro atoms. The van der Waals surface area contributed by atoms with E-state index < -0.39 is 17.8 Å². The van der Waals surface area contributed by atoms with Gasteiger partial charge in [-0.1, -0.05) is 12.1 Å². The van der Waals surface area contributed by atoms with Crippen LogP contribution in [0.25, 0.3) is 11.0 Å². The van der Waals surface area contributed by atoms with Crippen LogP contribution < -0.4 is 10.9 Å². The molecule has 0 unspecified atom stereocenters. The van der Waals surface area contributed by atoms with Crippen molar-refractivity contribution in [3.63, 3.8) is 0 Å². The zero-order valence-electron chi connectivity index (χ0n) is 14.7. The van der Waals surface area contributed by atoms with Crippen molar-refractivity contribution in [2.75, 3.05) is 5.32 Å². The van der Waals surface area contributed by atoms with Crippen LogP contribution in [-0.2, 0) is 13.2 Å². The fourth-order valence-electron chi connectivity index (χ4n) is 2.78. The van der Waals surface area contributed by atoms with E-state index in [4.69, 9.17) is 0 Å². The van der Waals surface area contributed by atoms with Crippen LogP contribution in [-0.4, -0.2) is 14.5 Å². The Morgan fingerprint density at radius 3 is 2.59 bits per heavy atom. The second-order valence-corrected chi connectivity index (χ2v) is 7.06. The first kappa shape index (κ1) is 19.3. The number of benzene rings is 1. The summed E-state index contributed by atoms with van der Waals surface area (Å²) in [6, 6.07) is 6.31. The smallest absolute Gasteiger partial charge is 0.363 e. The van der Waals surface area contributed by atoms with Crippen LogP contribution in [0.3, 0.4) is 0 Å². The number of nitrogens with zero attached hydrogens (tertiary/aromatic N) is 3. The molecule has 142 valence electrons. The number of alkyl halides is 3. The van der Waals surface area contributed by atoms with E-state index in [0.29, 0.717) is 32.7 Å². The monoisotopic (exact) mass is 440 g/mol. The highest BCUT2D eigenvalue weighted by Gasteiger charge is 2.30. The van der Waals surface area contributed by atoms with Gasteiger partial charge in [-0.2, -0.15) is 13.2 Å². The molecule has 1 atom stereocenters. The molecule has 0 amide bonds. The minimum atomic E-state index is -4.41. The van der Waals surface area contributed by atoms with Gasteiger partial charge in [0.05, 0.1) is 15.4 Å². The number of aromatic nitrogens is 3. The van der Waals surface area contributed by atoms with Crippen molar-refractivity contribution in [1.29, 1.82) is 0 Å². The number of hydrogen-bond acceptors (Lipinski definition) is 4. The van der Waals surface area contributed by atoms with Gasteiger partial charge in [0.2, 0.25) is 0 Å². The van der Waals surface area contributed by atoms with Gasteiger partial charge < -0.3 is 5.32 Å². The third-order valence-electron chi connectivity index (χ3n) is 4.20. The third kappa shape index (κ3) is 3.83. The quantitative estimate of drug-likeness (QED) is 0.646. The molecule has 0 saturated heterocycles. The molecule has 27 heavy (non-hydrogen) atoms. The number of aryl methyl sites for hydroxylation is 2. The van der Waals surface area contributed by atoms with Gasteiger partial charge in [0.25, 0.3) is 5.56 Å². The van der Waals surface area contributed by atoms with Crippen molar-refractivity contribution < 1.29 is 13.2 Å². The topological polar surface area (TPSA) is 59.8 Å². The molecule has 0 bridgehead atoms. The molecular formula is C18H16BrF3N4O. The molecule has 0 aliphatic carbocycles. The molecule has 0 aliphatic heterocycles. The SMILES string of the molecule is Cc1nc(N[C@H](C)c2cccc(C(F)(F)F)c2)c2cc(Br)c(=O)n(C)c2n1. The second kappa shape index (κ2) is 6.95. The van der Waals surface area contributed by atoms with Crippen molar-refractivity contribution in [1.82, 2.24) is 14.5 Å². The van der Waals surface area contributed by atoms with E-state index in [1.165, 1.54) is 10.6 Å². The second-order valence-electron chi connectivity index (χ2n) is 6.20. The average molecular weight is 441 g/mol. The summed E-state index contributed by atoms with van der Waals surface area (Å²) in [6.45, 7) is 3.43. The van der Waals surface area contributed by atoms with Crippen LogP contribution in [0.15, 0.2) is 39.6 Å². The van der Waals surface area contributed by atoms with Gasteiger partial charge in [-0.25, -0.2) is 9.97 Å². The lowest BCUT2D eigenvalue weighted by molar-refractivity contribution is -0.137.